The highest BCUT2D eigenvalue weighted by Gasteiger charge is 2.03. The maximum Gasteiger partial charge on any atom is 0.113 e. The van der Waals surface area contributed by atoms with Crippen LogP contribution in [0.3, 0.4) is 0 Å². The average molecular weight is 185 g/mol. The normalized spacial score (nSPS) is 12.4. The Kier molecular flexibility index (Phi) is 9.08. The monoisotopic (exact) mass is 185 g/mol. The van der Waals surface area contributed by atoms with Gasteiger partial charge < -0.3 is 0 Å². The molecule has 1 nitrogen and oxygen atoms in total. The SMILES string of the molecule is CCCCCCCCC(F)CC#N. The molecule has 0 aromatic heterocycles. The molecule has 0 aromatic carbocycles. The molecule has 0 aromatic rings. The summed E-state index contributed by atoms with van der Waals surface area (Å²) in [4.78, 5) is 0. The van der Waals surface area contributed by atoms with E-state index in [9.17, 15) is 4.39 Å². The number of alkyl halides is 1. The van der Waals surface area contributed by atoms with Crippen LogP contribution in [-0.2, 0) is 0 Å². The third kappa shape index (κ3) is 9.33. The van der Waals surface area contributed by atoms with Gasteiger partial charge in [0.2, 0.25) is 0 Å². The molecule has 0 N–H and O–H groups in total. The van der Waals surface area contributed by atoms with E-state index >= 15 is 0 Å². The number of nitrogens with zero attached hydrogens (tertiary/aromatic N) is 1. The second-order valence-corrected chi connectivity index (χ2v) is 3.52. The Labute approximate surface area is 80.9 Å². The van der Waals surface area contributed by atoms with E-state index in [4.69, 9.17) is 5.26 Å². The first-order valence-corrected chi connectivity index (χ1v) is 5.32. The zero-order chi connectivity index (χ0) is 9.94. The van der Waals surface area contributed by atoms with Gasteiger partial charge >= 0.3 is 0 Å². The van der Waals surface area contributed by atoms with Crippen LogP contribution in [0, 0.1) is 11.3 Å². The summed E-state index contributed by atoms with van der Waals surface area (Å²) in [7, 11) is 0. The molecule has 0 aliphatic carbocycles. The fourth-order valence-electron chi connectivity index (χ4n) is 1.35. The topological polar surface area (TPSA) is 23.8 Å². The lowest BCUT2D eigenvalue weighted by atomic mass is 10.1. The molecule has 0 bridgehead atoms. The number of unbranched alkanes of at least 4 members (excludes halogenated alkanes) is 5. The van der Waals surface area contributed by atoms with Crippen LogP contribution in [0.1, 0.15) is 58.3 Å². The van der Waals surface area contributed by atoms with E-state index in [2.05, 4.69) is 6.92 Å². The molecule has 0 spiro atoms. The predicted molar refractivity (Wildman–Crippen MR) is 53.1 cm³/mol. The summed E-state index contributed by atoms with van der Waals surface area (Å²) in [5, 5.41) is 8.22. The molecule has 1 atom stereocenters. The van der Waals surface area contributed by atoms with E-state index < -0.39 is 6.17 Å². The molecule has 0 radical (unpaired) electrons. The van der Waals surface area contributed by atoms with Crippen molar-refractivity contribution in [3.8, 4) is 6.07 Å². The quantitative estimate of drug-likeness (QED) is 0.524. The minimum absolute atomic E-state index is 0.0644. The first kappa shape index (κ1) is 12.4. The fourth-order valence-corrected chi connectivity index (χ4v) is 1.35. The zero-order valence-electron chi connectivity index (χ0n) is 8.56. The third-order valence-corrected chi connectivity index (χ3v) is 2.18. The molecule has 0 amide bonds. The van der Waals surface area contributed by atoms with Crippen molar-refractivity contribution in [2.24, 2.45) is 0 Å². The largest absolute Gasteiger partial charge is 0.246 e. The highest BCUT2D eigenvalue weighted by molar-refractivity contribution is 4.75. The number of nitriles is 1. The highest BCUT2D eigenvalue weighted by atomic mass is 19.1. The molecule has 0 saturated heterocycles. The van der Waals surface area contributed by atoms with E-state index in [1.54, 1.807) is 0 Å². The van der Waals surface area contributed by atoms with Crippen molar-refractivity contribution in [2.75, 3.05) is 0 Å². The Morgan fingerprint density at radius 1 is 1.15 bits per heavy atom. The minimum atomic E-state index is -0.892. The predicted octanol–water partition coefficient (Wildman–Crippen LogP) is 3.99. The van der Waals surface area contributed by atoms with E-state index in [0.29, 0.717) is 6.42 Å². The summed E-state index contributed by atoms with van der Waals surface area (Å²) in [6.07, 6.45) is 6.82. The summed E-state index contributed by atoms with van der Waals surface area (Å²) in [6.45, 7) is 2.19. The van der Waals surface area contributed by atoms with Crippen LogP contribution in [0.25, 0.3) is 0 Å². The molecule has 0 heterocycles. The van der Waals surface area contributed by atoms with Gasteiger partial charge in [-0.15, -0.1) is 0 Å². The lowest BCUT2D eigenvalue weighted by Gasteiger charge is -2.03. The number of hydrogen-bond acceptors (Lipinski definition) is 1. The van der Waals surface area contributed by atoms with Crippen LogP contribution >= 0.6 is 0 Å². The van der Waals surface area contributed by atoms with Gasteiger partial charge in [0, 0.05) is 0 Å². The summed E-state index contributed by atoms with van der Waals surface area (Å²) >= 11 is 0. The molecule has 2 heteroatoms. The van der Waals surface area contributed by atoms with Gasteiger partial charge in [-0.05, 0) is 6.42 Å². The molecule has 0 aliphatic rings. The first-order valence-electron chi connectivity index (χ1n) is 5.32. The van der Waals surface area contributed by atoms with Gasteiger partial charge in [0.05, 0.1) is 12.5 Å². The van der Waals surface area contributed by atoms with Crippen molar-refractivity contribution < 1.29 is 4.39 Å². The lowest BCUT2D eigenvalue weighted by molar-refractivity contribution is 0.309. The molecule has 0 fully saturated rings. The van der Waals surface area contributed by atoms with Crippen molar-refractivity contribution in [3.05, 3.63) is 0 Å². The van der Waals surface area contributed by atoms with E-state index in [-0.39, 0.29) is 6.42 Å². The molecular formula is C11H20FN. The van der Waals surface area contributed by atoms with E-state index in [1.165, 1.54) is 25.7 Å². The summed E-state index contributed by atoms with van der Waals surface area (Å²) in [5.41, 5.74) is 0. The molecule has 0 saturated carbocycles. The Balaban J connectivity index is 3.03. The molecule has 0 rings (SSSR count). The van der Waals surface area contributed by atoms with Crippen molar-refractivity contribution in [2.45, 2.75) is 64.5 Å². The third-order valence-electron chi connectivity index (χ3n) is 2.18. The van der Waals surface area contributed by atoms with Crippen LogP contribution in [0.5, 0.6) is 0 Å². The highest BCUT2D eigenvalue weighted by Crippen LogP contribution is 2.11. The van der Waals surface area contributed by atoms with Crippen LogP contribution in [0.2, 0.25) is 0 Å². The first-order chi connectivity index (χ1) is 6.31. The van der Waals surface area contributed by atoms with Gasteiger partial charge in [-0.3, -0.25) is 0 Å². The summed E-state index contributed by atoms with van der Waals surface area (Å²) in [5.74, 6) is 0. The standard InChI is InChI=1S/C11H20FN/c1-2-3-4-5-6-7-8-11(12)9-10-13/h11H,2-9H2,1H3. The van der Waals surface area contributed by atoms with E-state index in [0.717, 1.165) is 12.8 Å². The van der Waals surface area contributed by atoms with Crippen LogP contribution < -0.4 is 0 Å². The van der Waals surface area contributed by atoms with Crippen molar-refractivity contribution in [3.63, 3.8) is 0 Å². The Morgan fingerprint density at radius 3 is 2.38 bits per heavy atom. The smallest absolute Gasteiger partial charge is 0.113 e. The Bertz CT molecular complexity index is 140. The van der Waals surface area contributed by atoms with Crippen molar-refractivity contribution >= 4 is 0 Å². The molecule has 76 valence electrons. The van der Waals surface area contributed by atoms with Gasteiger partial charge in [-0.25, -0.2) is 4.39 Å². The minimum Gasteiger partial charge on any atom is -0.246 e. The summed E-state index contributed by atoms with van der Waals surface area (Å²) < 4.78 is 12.8. The number of halogens is 1. The average Bonchev–Trinajstić information content (AvgIpc) is 2.11. The van der Waals surface area contributed by atoms with Crippen molar-refractivity contribution in [1.29, 1.82) is 5.26 Å². The second kappa shape index (κ2) is 9.51. The van der Waals surface area contributed by atoms with Gasteiger partial charge in [-0.2, -0.15) is 5.26 Å². The maximum absolute atomic E-state index is 12.8. The fraction of sp³-hybridized carbons (Fsp3) is 0.909. The lowest BCUT2D eigenvalue weighted by Crippen LogP contribution is -1.97. The second-order valence-electron chi connectivity index (χ2n) is 3.52. The number of hydrogen-bond donors (Lipinski definition) is 0. The molecule has 13 heavy (non-hydrogen) atoms. The zero-order valence-corrected chi connectivity index (χ0v) is 8.56. The Morgan fingerprint density at radius 2 is 1.77 bits per heavy atom. The van der Waals surface area contributed by atoms with Gasteiger partial charge in [0.15, 0.2) is 0 Å². The molecule has 0 aliphatic heterocycles. The van der Waals surface area contributed by atoms with Gasteiger partial charge in [0.1, 0.15) is 6.17 Å². The van der Waals surface area contributed by atoms with Gasteiger partial charge in [-0.1, -0.05) is 45.4 Å². The van der Waals surface area contributed by atoms with Crippen LogP contribution in [0.4, 0.5) is 4.39 Å². The number of rotatable bonds is 8. The molecular weight excluding hydrogens is 165 g/mol. The van der Waals surface area contributed by atoms with Crippen LogP contribution in [-0.4, -0.2) is 6.17 Å². The van der Waals surface area contributed by atoms with E-state index in [1.807, 2.05) is 6.07 Å². The van der Waals surface area contributed by atoms with Crippen molar-refractivity contribution in [1.82, 2.24) is 0 Å². The Hall–Kier alpha value is -0.580. The summed E-state index contributed by atoms with van der Waals surface area (Å²) in [6, 6.07) is 1.85. The molecule has 1 unspecified atom stereocenters. The maximum atomic E-state index is 12.8. The van der Waals surface area contributed by atoms with Crippen LogP contribution in [0.15, 0.2) is 0 Å². The van der Waals surface area contributed by atoms with Gasteiger partial charge in [0.25, 0.3) is 0 Å².